The van der Waals surface area contributed by atoms with Gasteiger partial charge in [-0.05, 0) is 26.7 Å². The number of rotatable bonds is 8. The van der Waals surface area contributed by atoms with Crippen molar-refractivity contribution >= 4 is 5.91 Å². The number of carbonyl (C=O) groups excluding carboxylic acids is 1. The Morgan fingerprint density at radius 3 is 2.85 bits per heavy atom. The van der Waals surface area contributed by atoms with Gasteiger partial charge in [0.05, 0.1) is 29.7 Å². The highest BCUT2D eigenvalue weighted by molar-refractivity contribution is 5.75. The summed E-state index contributed by atoms with van der Waals surface area (Å²) in [6.07, 6.45) is 8.26. The van der Waals surface area contributed by atoms with Crippen molar-refractivity contribution < 1.29 is 9.32 Å². The fourth-order valence-electron chi connectivity index (χ4n) is 3.29. The zero-order valence-corrected chi connectivity index (χ0v) is 15.7. The highest BCUT2D eigenvalue weighted by Crippen LogP contribution is 2.44. The molecule has 3 aromatic heterocycles. The summed E-state index contributed by atoms with van der Waals surface area (Å²) in [6, 6.07) is 1.94. The Kier molecular flexibility index (Phi) is 4.79. The number of imidazole rings is 1. The third-order valence-corrected chi connectivity index (χ3v) is 4.89. The lowest BCUT2D eigenvalue weighted by atomic mass is 10.1. The first-order valence-electron chi connectivity index (χ1n) is 9.35. The van der Waals surface area contributed by atoms with Crippen LogP contribution in [0.3, 0.4) is 0 Å². The van der Waals surface area contributed by atoms with Crippen LogP contribution in [0.2, 0.25) is 0 Å². The van der Waals surface area contributed by atoms with Gasteiger partial charge in [0.1, 0.15) is 5.82 Å². The normalized spacial score (nSPS) is 13.9. The van der Waals surface area contributed by atoms with Crippen LogP contribution in [0.25, 0.3) is 11.3 Å². The molecule has 1 fully saturated rings. The molecule has 1 amide bonds. The average molecular weight is 368 g/mol. The van der Waals surface area contributed by atoms with Gasteiger partial charge in [-0.2, -0.15) is 5.10 Å². The summed E-state index contributed by atoms with van der Waals surface area (Å²) in [6.45, 7) is 5.69. The molecule has 1 N–H and O–H groups in total. The first-order valence-corrected chi connectivity index (χ1v) is 9.35. The van der Waals surface area contributed by atoms with E-state index in [-0.39, 0.29) is 5.91 Å². The van der Waals surface area contributed by atoms with Gasteiger partial charge in [-0.1, -0.05) is 5.16 Å². The largest absolute Gasteiger partial charge is 0.356 e. The Hall–Kier alpha value is -2.90. The van der Waals surface area contributed by atoms with Crippen LogP contribution in [0.5, 0.6) is 0 Å². The van der Waals surface area contributed by atoms with Gasteiger partial charge >= 0.3 is 0 Å². The number of amides is 1. The van der Waals surface area contributed by atoms with Crippen molar-refractivity contribution in [3.63, 3.8) is 0 Å². The predicted molar refractivity (Wildman–Crippen MR) is 99.0 cm³/mol. The summed E-state index contributed by atoms with van der Waals surface area (Å²) in [5.41, 5.74) is 3.06. The topological polar surface area (TPSA) is 90.8 Å². The third kappa shape index (κ3) is 3.94. The van der Waals surface area contributed by atoms with Crippen LogP contribution >= 0.6 is 0 Å². The van der Waals surface area contributed by atoms with Gasteiger partial charge in [-0.3, -0.25) is 9.48 Å². The lowest BCUT2D eigenvalue weighted by molar-refractivity contribution is -0.121. The van der Waals surface area contributed by atoms with Crippen molar-refractivity contribution in [3.05, 3.63) is 41.9 Å². The van der Waals surface area contributed by atoms with E-state index in [0.717, 1.165) is 22.8 Å². The minimum absolute atomic E-state index is 0.0364. The SMILES string of the molecule is Cc1cc(-c2cnn(CCNC(=O)CCn3ccnc3C)c2C2CC2)on1. The molecule has 8 heteroatoms. The fourth-order valence-corrected chi connectivity index (χ4v) is 3.29. The quantitative estimate of drug-likeness (QED) is 0.659. The molecule has 27 heavy (non-hydrogen) atoms. The minimum Gasteiger partial charge on any atom is -0.356 e. The van der Waals surface area contributed by atoms with E-state index in [4.69, 9.17) is 4.52 Å². The molecule has 0 atom stereocenters. The van der Waals surface area contributed by atoms with Gasteiger partial charge in [0, 0.05) is 43.9 Å². The molecule has 0 unspecified atom stereocenters. The van der Waals surface area contributed by atoms with Crippen LogP contribution < -0.4 is 5.32 Å². The maximum Gasteiger partial charge on any atom is 0.221 e. The Bertz CT molecular complexity index is 934. The molecule has 142 valence electrons. The summed E-state index contributed by atoms with van der Waals surface area (Å²) in [4.78, 5) is 16.3. The molecule has 8 nitrogen and oxygen atoms in total. The molecule has 3 aromatic rings. The number of hydrogen-bond donors (Lipinski definition) is 1. The van der Waals surface area contributed by atoms with Gasteiger partial charge in [0.25, 0.3) is 0 Å². The van der Waals surface area contributed by atoms with Gasteiger partial charge < -0.3 is 14.4 Å². The zero-order chi connectivity index (χ0) is 18.8. The fraction of sp³-hybridized carbons (Fsp3) is 0.474. The first-order chi connectivity index (χ1) is 13.1. The van der Waals surface area contributed by atoms with Gasteiger partial charge in [0.2, 0.25) is 5.91 Å². The van der Waals surface area contributed by atoms with Crippen molar-refractivity contribution in [1.82, 2.24) is 29.8 Å². The molecule has 1 saturated carbocycles. The number of carbonyl (C=O) groups is 1. The van der Waals surface area contributed by atoms with E-state index < -0.39 is 0 Å². The van der Waals surface area contributed by atoms with E-state index >= 15 is 0 Å². The average Bonchev–Trinajstić information content (AvgIpc) is 3.04. The van der Waals surface area contributed by atoms with E-state index in [0.29, 0.717) is 32.0 Å². The van der Waals surface area contributed by atoms with Crippen LogP contribution in [0, 0.1) is 13.8 Å². The molecule has 4 rings (SSSR count). The molecule has 0 saturated heterocycles. The predicted octanol–water partition coefficient (Wildman–Crippen LogP) is 2.44. The molecular formula is C19H24N6O2. The molecule has 0 spiro atoms. The zero-order valence-electron chi connectivity index (χ0n) is 15.7. The van der Waals surface area contributed by atoms with E-state index in [1.54, 1.807) is 6.20 Å². The van der Waals surface area contributed by atoms with Crippen LogP contribution in [0.1, 0.15) is 42.4 Å². The number of nitrogens with one attached hydrogen (secondary N) is 1. The second kappa shape index (κ2) is 7.38. The Morgan fingerprint density at radius 2 is 2.19 bits per heavy atom. The van der Waals surface area contributed by atoms with Crippen molar-refractivity contribution in [2.45, 2.75) is 52.1 Å². The molecular weight excluding hydrogens is 344 g/mol. The monoisotopic (exact) mass is 368 g/mol. The Balaban J connectivity index is 1.34. The van der Waals surface area contributed by atoms with Gasteiger partial charge in [-0.15, -0.1) is 0 Å². The van der Waals surface area contributed by atoms with E-state index in [2.05, 4.69) is 20.6 Å². The summed E-state index contributed by atoms with van der Waals surface area (Å²) in [7, 11) is 0. The smallest absolute Gasteiger partial charge is 0.221 e. The highest BCUT2D eigenvalue weighted by Gasteiger charge is 2.31. The number of hydrogen-bond acceptors (Lipinski definition) is 5. The molecule has 0 aliphatic heterocycles. The molecule has 0 bridgehead atoms. The first kappa shape index (κ1) is 17.5. The van der Waals surface area contributed by atoms with Crippen LogP contribution in [0.15, 0.2) is 29.2 Å². The van der Waals surface area contributed by atoms with Crippen molar-refractivity contribution in [1.29, 1.82) is 0 Å². The summed E-state index contributed by atoms with van der Waals surface area (Å²) in [5.74, 6) is 2.24. The summed E-state index contributed by atoms with van der Waals surface area (Å²) >= 11 is 0. The standard InChI is InChI=1S/C19H24N6O2/c1-13-11-17(27-23-13)16-12-22-25(19(16)15-3-4-15)10-7-21-18(26)5-8-24-9-6-20-14(24)2/h6,9,11-12,15H,3-5,7-8,10H2,1-2H3,(H,21,26). The minimum atomic E-state index is 0.0364. The molecule has 1 aliphatic rings. The van der Waals surface area contributed by atoms with Crippen LogP contribution in [-0.2, 0) is 17.9 Å². The summed E-state index contributed by atoms with van der Waals surface area (Å²) in [5, 5.41) is 11.5. The van der Waals surface area contributed by atoms with E-state index in [1.807, 2.05) is 41.6 Å². The van der Waals surface area contributed by atoms with Crippen molar-refractivity contribution in [2.75, 3.05) is 6.54 Å². The maximum absolute atomic E-state index is 12.1. The Morgan fingerprint density at radius 1 is 1.33 bits per heavy atom. The molecule has 0 radical (unpaired) electrons. The van der Waals surface area contributed by atoms with Crippen molar-refractivity contribution in [2.24, 2.45) is 0 Å². The summed E-state index contributed by atoms with van der Waals surface area (Å²) < 4.78 is 9.39. The third-order valence-electron chi connectivity index (χ3n) is 4.89. The van der Waals surface area contributed by atoms with E-state index in [1.165, 1.54) is 18.5 Å². The van der Waals surface area contributed by atoms with Gasteiger partial charge in [-0.25, -0.2) is 4.98 Å². The van der Waals surface area contributed by atoms with Gasteiger partial charge in [0.15, 0.2) is 5.76 Å². The Labute approximate surface area is 157 Å². The number of nitrogens with zero attached hydrogens (tertiary/aromatic N) is 5. The lowest BCUT2D eigenvalue weighted by Crippen LogP contribution is -2.28. The highest BCUT2D eigenvalue weighted by atomic mass is 16.5. The second-order valence-corrected chi connectivity index (χ2v) is 7.04. The lowest BCUT2D eigenvalue weighted by Gasteiger charge is -2.10. The maximum atomic E-state index is 12.1. The van der Waals surface area contributed by atoms with Crippen molar-refractivity contribution in [3.8, 4) is 11.3 Å². The second-order valence-electron chi connectivity index (χ2n) is 7.04. The van der Waals surface area contributed by atoms with Crippen LogP contribution in [0.4, 0.5) is 0 Å². The van der Waals surface area contributed by atoms with Crippen LogP contribution in [-0.4, -0.2) is 36.9 Å². The molecule has 3 heterocycles. The number of aromatic nitrogens is 5. The number of aryl methyl sites for hydroxylation is 3. The van der Waals surface area contributed by atoms with E-state index in [9.17, 15) is 4.79 Å². The molecule has 1 aliphatic carbocycles. The molecule has 0 aromatic carbocycles.